The number of rotatable bonds is 4. The van der Waals surface area contributed by atoms with E-state index in [4.69, 9.17) is 4.98 Å². The topological polar surface area (TPSA) is 28.2 Å². The molecule has 0 spiro atoms. The first-order valence-corrected chi connectivity index (χ1v) is 6.95. The van der Waals surface area contributed by atoms with Crippen LogP contribution in [0.3, 0.4) is 0 Å². The van der Waals surface area contributed by atoms with Gasteiger partial charge in [-0.1, -0.05) is 17.7 Å². The predicted molar refractivity (Wildman–Crippen MR) is 85.7 cm³/mol. The average molecular weight is 269 g/mol. The van der Waals surface area contributed by atoms with Crippen LogP contribution in [0.15, 0.2) is 30.3 Å². The summed E-state index contributed by atoms with van der Waals surface area (Å²) >= 11 is 0. The molecule has 0 aliphatic rings. The van der Waals surface area contributed by atoms with E-state index in [-0.39, 0.29) is 0 Å². The molecule has 0 radical (unpaired) electrons. The molecule has 3 nitrogen and oxygen atoms in total. The SMILES string of the molecule is CNCc1c(C)cc(C)nc1N(C)c1ccc(C)cc1. The summed E-state index contributed by atoms with van der Waals surface area (Å²) in [4.78, 5) is 6.90. The van der Waals surface area contributed by atoms with Crippen molar-refractivity contribution in [3.8, 4) is 0 Å². The van der Waals surface area contributed by atoms with Crippen molar-refractivity contribution >= 4 is 11.5 Å². The molecule has 106 valence electrons. The number of aromatic nitrogens is 1. The van der Waals surface area contributed by atoms with Crippen LogP contribution in [0.1, 0.15) is 22.4 Å². The molecule has 0 bridgehead atoms. The summed E-state index contributed by atoms with van der Waals surface area (Å²) in [5.74, 6) is 1.03. The molecule has 3 heteroatoms. The molecule has 20 heavy (non-hydrogen) atoms. The third-order valence-electron chi connectivity index (χ3n) is 3.55. The van der Waals surface area contributed by atoms with Gasteiger partial charge in [0.25, 0.3) is 0 Å². The van der Waals surface area contributed by atoms with Crippen molar-refractivity contribution in [3.63, 3.8) is 0 Å². The van der Waals surface area contributed by atoms with Crippen molar-refractivity contribution in [3.05, 3.63) is 52.7 Å². The highest BCUT2D eigenvalue weighted by Gasteiger charge is 2.13. The average Bonchev–Trinajstić information content (AvgIpc) is 2.41. The first kappa shape index (κ1) is 14.5. The van der Waals surface area contributed by atoms with E-state index in [1.807, 2.05) is 14.0 Å². The van der Waals surface area contributed by atoms with Crippen LogP contribution in [0.25, 0.3) is 0 Å². The van der Waals surface area contributed by atoms with E-state index in [0.29, 0.717) is 0 Å². The summed E-state index contributed by atoms with van der Waals surface area (Å²) in [6, 6.07) is 10.7. The molecule has 0 aliphatic carbocycles. The lowest BCUT2D eigenvalue weighted by atomic mass is 10.1. The van der Waals surface area contributed by atoms with Gasteiger partial charge in [0.1, 0.15) is 5.82 Å². The minimum atomic E-state index is 0.824. The Labute approximate surface area is 121 Å². The van der Waals surface area contributed by atoms with Gasteiger partial charge in [-0.15, -0.1) is 0 Å². The molecular weight excluding hydrogens is 246 g/mol. The van der Waals surface area contributed by atoms with Gasteiger partial charge in [-0.05, 0) is 51.6 Å². The van der Waals surface area contributed by atoms with Gasteiger partial charge in [0, 0.05) is 30.5 Å². The van der Waals surface area contributed by atoms with E-state index < -0.39 is 0 Å². The molecule has 0 atom stereocenters. The molecule has 0 amide bonds. The molecule has 0 saturated heterocycles. The highest BCUT2D eigenvalue weighted by Crippen LogP contribution is 2.28. The number of aryl methyl sites for hydroxylation is 3. The number of benzene rings is 1. The number of hydrogen-bond acceptors (Lipinski definition) is 3. The van der Waals surface area contributed by atoms with E-state index in [1.54, 1.807) is 0 Å². The normalized spacial score (nSPS) is 10.7. The Bertz CT molecular complexity index is 588. The number of pyridine rings is 1. The highest BCUT2D eigenvalue weighted by atomic mass is 15.2. The van der Waals surface area contributed by atoms with Crippen LogP contribution >= 0.6 is 0 Å². The van der Waals surface area contributed by atoms with Crippen LogP contribution in [0.2, 0.25) is 0 Å². The quantitative estimate of drug-likeness (QED) is 0.921. The standard InChI is InChI=1S/C17H23N3/c1-12-6-8-15(9-7-12)20(5)17-16(11-18-4)13(2)10-14(3)19-17/h6-10,18H,11H2,1-5H3. The second kappa shape index (κ2) is 6.06. The summed E-state index contributed by atoms with van der Waals surface area (Å²) in [7, 11) is 4.04. The molecule has 2 aromatic rings. The third kappa shape index (κ3) is 2.99. The smallest absolute Gasteiger partial charge is 0.137 e. The van der Waals surface area contributed by atoms with Gasteiger partial charge in [-0.2, -0.15) is 0 Å². The maximum Gasteiger partial charge on any atom is 0.137 e. The zero-order valence-electron chi connectivity index (χ0n) is 13.0. The van der Waals surface area contributed by atoms with Gasteiger partial charge in [-0.25, -0.2) is 4.98 Å². The fourth-order valence-electron chi connectivity index (χ4n) is 2.41. The summed E-state index contributed by atoms with van der Waals surface area (Å²) in [6.45, 7) is 7.12. The Kier molecular flexibility index (Phi) is 4.40. The van der Waals surface area contributed by atoms with E-state index >= 15 is 0 Å². The van der Waals surface area contributed by atoms with E-state index in [9.17, 15) is 0 Å². The molecule has 1 N–H and O–H groups in total. The van der Waals surface area contributed by atoms with E-state index in [0.717, 1.165) is 23.7 Å². The first-order chi connectivity index (χ1) is 9.52. The highest BCUT2D eigenvalue weighted by molar-refractivity contribution is 5.64. The zero-order chi connectivity index (χ0) is 14.7. The lowest BCUT2D eigenvalue weighted by Gasteiger charge is -2.23. The van der Waals surface area contributed by atoms with Gasteiger partial charge >= 0.3 is 0 Å². The van der Waals surface area contributed by atoms with Crippen molar-refractivity contribution in [2.45, 2.75) is 27.3 Å². The molecule has 0 fully saturated rings. The first-order valence-electron chi connectivity index (χ1n) is 6.95. The lowest BCUT2D eigenvalue weighted by Crippen LogP contribution is -2.18. The Hall–Kier alpha value is -1.87. The molecular formula is C17H23N3. The van der Waals surface area contributed by atoms with Crippen LogP contribution in [0.5, 0.6) is 0 Å². The molecule has 0 unspecified atom stereocenters. The number of nitrogens with zero attached hydrogens (tertiary/aromatic N) is 2. The van der Waals surface area contributed by atoms with Crippen molar-refractivity contribution in [2.75, 3.05) is 19.0 Å². The summed E-state index contributed by atoms with van der Waals surface area (Å²) in [5, 5.41) is 3.23. The summed E-state index contributed by atoms with van der Waals surface area (Å²) in [5.41, 5.74) is 6.01. The number of hydrogen-bond donors (Lipinski definition) is 1. The molecule has 0 aliphatic heterocycles. The van der Waals surface area contributed by atoms with Gasteiger partial charge < -0.3 is 10.2 Å². The Balaban J connectivity index is 2.47. The summed E-state index contributed by atoms with van der Waals surface area (Å²) in [6.07, 6.45) is 0. The maximum atomic E-state index is 4.74. The fraction of sp³-hybridized carbons (Fsp3) is 0.353. The number of anilines is 2. The fourth-order valence-corrected chi connectivity index (χ4v) is 2.41. The minimum absolute atomic E-state index is 0.824. The molecule has 1 heterocycles. The zero-order valence-corrected chi connectivity index (χ0v) is 13.0. The van der Waals surface area contributed by atoms with Crippen LogP contribution in [-0.4, -0.2) is 19.1 Å². The van der Waals surface area contributed by atoms with E-state index in [2.05, 4.69) is 61.4 Å². The predicted octanol–water partition coefficient (Wildman–Crippen LogP) is 3.49. The second-order valence-corrected chi connectivity index (χ2v) is 5.31. The monoisotopic (exact) mass is 269 g/mol. The van der Waals surface area contributed by atoms with Gasteiger partial charge in [0.15, 0.2) is 0 Å². The van der Waals surface area contributed by atoms with Gasteiger partial charge in [0.2, 0.25) is 0 Å². The molecule has 1 aromatic carbocycles. The third-order valence-corrected chi connectivity index (χ3v) is 3.55. The van der Waals surface area contributed by atoms with Gasteiger partial charge in [0.05, 0.1) is 0 Å². The Morgan fingerprint density at radius 3 is 2.35 bits per heavy atom. The van der Waals surface area contributed by atoms with Gasteiger partial charge in [-0.3, -0.25) is 0 Å². The Morgan fingerprint density at radius 2 is 1.75 bits per heavy atom. The maximum absolute atomic E-state index is 4.74. The Morgan fingerprint density at radius 1 is 1.10 bits per heavy atom. The number of nitrogens with one attached hydrogen (secondary N) is 1. The van der Waals surface area contributed by atoms with Crippen molar-refractivity contribution in [2.24, 2.45) is 0 Å². The lowest BCUT2D eigenvalue weighted by molar-refractivity contribution is 0.802. The minimum Gasteiger partial charge on any atom is -0.329 e. The summed E-state index contributed by atoms with van der Waals surface area (Å²) < 4.78 is 0. The largest absolute Gasteiger partial charge is 0.329 e. The van der Waals surface area contributed by atoms with Crippen LogP contribution in [0, 0.1) is 20.8 Å². The van der Waals surface area contributed by atoms with Crippen molar-refractivity contribution < 1.29 is 0 Å². The van der Waals surface area contributed by atoms with Crippen LogP contribution in [-0.2, 0) is 6.54 Å². The molecule has 0 saturated carbocycles. The van der Waals surface area contributed by atoms with Crippen molar-refractivity contribution in [1.29, 1.82) is 0 Å². The molecule has 1 aromatic heterocycles. The van der Waals surface area contributed by atoms with Crippen LogP contribution in [0.4, 0.5) is 11.5 Å². The molecule has 2 rings (SSSR count). The van der Waals surface area contributed by atoms with Crippen LogP contribution < -0.4 is 10.2 Å². The second-order valence-electron chi connectivity index (χ2n) is 5.31. The van der Waals surface area contributed by atoms with Crippen molar-refractivity contribution in [1.82, 2.24) is 10.3 Å². The van der Waals surface area contributed by atoms with E-state index in [1.165, 1.54) is 16.7 Å².